The molecule has 16 heavy (non-hydrogen) atoms. The first kappa shape index (κ1) is 10.8. The van der Waals surface area contributed by atoms with Crippen molar-refractivity contribution in [3.05, 3.63) is 28.4 Å². The van der Waals surface area contributed by atoms with E-state index in [-0.39, 0.29) is 11.7 Å². The first-order chi connectivity index (χ1) is 7.66. The highest BCUT2D eigenvalue weighted by molar-refractivity contribution is 5.47. The molecule has 86 valence electrons. The van der Waals surface area contributed by atoms with Crippen LogP contribution in [0.15, 0.2) is 18.3 Å². The van der Waals surface area contributed by atoms with Crippen molar-refractivity contribution >= 4 is 11.5 Å². The quantitative estimate of drug-likeness (QED) is 0.594. The summed E-state index contributed by atoms with van der Waals surface area (Å²) in [5.41, 5.74) is 5.93. The van der Waals surface area contributed by atoms with Gasteiger partial charge in [-0.2, -0.15) is 0 Å². The van der Waals surface area contributed by atoms with Gasteiger partial charge in [-0.05, 0) is 12.8 Å². The second-order valence-electron chi connectivity index (χ2n) is 3.98. The van der Waals surface area contributed by atoms with Gasteiger partial charge in [-0.25, -0.2) is 4.98 Å². The van der Waals surface area contributed by atoms with Gasteiger partial charge in [0.05, 0.1) is 11.0 Å². The van der Waals surface area contributed by atoms with Gasteiger partial charge in [0, 0.05) is 31.4 Å². The maximum atomic E-state index is 10.6. The Balaban J connectivity index is 2.19. The Morgan fingerprint density at radius 1 is 1.62 bits per heavy atom. The Morgan fingerprint density at radius 3 is 3.12 bits per heavy atom. The van der Waals surface area contributed by atoms with Gasteiger partial charge >= 0.3 is 0 Å². The molecule has 1 fully saturated rings. The molecule has 6 heteroatoms. The summed E-state index contributed by atoms with van der Waals surface area (Å²) in [6, 6.07) is 3.03. The Hall–Kier alpha value is -1.69. The van der Waals surface area contributed by atoms with E-state index in [9.17, 15) is 10.1 Å². The highest BCUT2D eigenvalue weighted by Crippen LogP contribution is 2.21. The molecule has 0 radical (unpaired) electrons. The molecule has 1 aliphatic heterocycles. The monoisotopic (exact) mass is 222 g/mol. The number of nitrogens with two attached hydrogens (primary N) is 1. The molecule has 0 unspecified atom stereocenters. The SMILES string of the molecule is N[C@@H]1CCCN(c2cc([N+](=O)[O-])ccn2)C1. The zero-order chi connectivity index (χ0) is 11.5. The molecule has 2 rings (SSSR count). The summed E-state index contributed by atoms with van der Waals surface area (Å²) in [5, 5.41) is 10.6. The number of hydrogen-bond acceptors (Lipinski definition) is 5. The van der Waals surface area contributed by atoms with Crippen LogP contribution in [0.5, 0.6) is 0 Å². The topological polar surface area (TPSA) is 85.3 Å². The fraction of sp³-hybridized carbons (Fsp3) is 0.500. The van der Waals surface area contributed by atoms with Crippen molar-refractivity contribution in [2.75, 3.05) is 18.0 Å². The average molecular weight is 222 g/mol. The van der Waals surface area contributed by atoms with E-state index in [2.05, 4.69) is 4.98 Å². The van der Waals surface area contributed by atoms with Crippen LogP contribution >= 0.6 is 0 Å². The minimum Gasteiger partial charge on any atom is -0.355 e. The lowest BCUT2D eigenvalue weighted by Crippen LogP contribution is -2.43. The van der Waals surface area contributed by atoms with Crippen molar-refractivity contribution in [2.45, 2.75) is 18.9 Å². The summed E-state index contributed by atoms with van der Waals surface area (Å²) in [7, 11) is 0. The van der Waals surface area contributed by atoms with Gasteiger partial charge in [-0.3, -0.25) is 10.1 Å². The molecule has 1 aromatic heterocycles. The largest absolute Gasteiger partial charge is 0.355 e. The minimum absolute atomic E-state index is 0.0733. The average Bonchev–Trinajstić information content (AvgIpc) is 2.29. The van der Waals surface area contributed by atoms with Gasteiger partial charge in [0.15, 0.2) is 0 Å². The van der Waals surface area contributed by atoms with Gasteiger partial charge in [-0.1, -0.05) is 0 Å². The lowest BCUT2D eigenvalue weighted by molar-refractivity contribution is -0.384. The molecule has 2 heterocycles. The van der Waals surface area contributed by atoms with Gasteiger partial charge in [0.2, 0.25) is 0 Å². The number of nitro groups is 1. The van der Waals surface area contributed by atoms with Crippen LogP contribution in [-0.2, 0) is 0 Å². The van der Waals surface area contributed by atoms with Crippen LogP contribution in [0.25, 0.3) is 0 Å². The van der Waals surface area contributed by atoms with Crippen molar-refractivity contribution in [1.82, 2.24) is 4.98 Å². The van der Waals surface area contributed by atoms with Gasteiger partial charge in [0.1, 0.15) is 5.82 Å². The first-order valence-electron chi connectivity index (χ1n) is 5.28. The summed E-state index contributed by atoms with van der Waals surface area (Å²) < 4.78 is 0. The predicted octanol–water partition coefficient (Wildman–Crippen LogP) is 0.917. The summed E-state index contributed by atoms with van der Waals surface area (Å²) in [5.74, 6) is 0.643. The third-order valence-electron chi connectivity index (χ3n) is 2.72. The summed E-state index contributed by atoms with van der Waals surface area (Å²) in [6.07, 6.45) is 3.48. The van der Waals surface area contributed by atoms with E-state index < -0.39 is 4.92 Å². The van der Waals surface area contributed by atoms with Crippen LogP contribution in [0.3, 0.4) is 0 Å². The summed E-state index contributed by atoms with van der Waals surface area (Å²) in [6.45, 7) is 1.58. The molecule has 1 aliphatic rings. The standard InChI is InChI=1S/C10H14N4O2/c11-8-2-1-5-13(7-8)10-6-9(14(15)16)3-4-12-10/h3-4,6,8H,1-2,5,7,11H2/t8-/m1/s1. The maximum absolute atomic E-state index is 10.6. The van der Waals surface area contributed by atoms with E-state index in [1.54, 1.807) is 0 Å². The fourth-order valence-electron chi connectivity index (χ4n) is 1.91. The second kappa shape index (κ2) is 4.44. The number of pyridine rings is 1. The molecule has 0 saturated carbocycles. The van der Waals surface area contributed by atoms with E-state index in [1.165, 1.54) is 18.3 Å². The minimum atomic E-state index is -0.408. The number of piperidine rings is 1. The van der Waals surface area contributed by atoms with Crippen molar-refractivity contribution in [2.24, 2.45) is 5.73 Å². The Morgan fingerprint density at radius 2 is 2.44 bits per heavy atom. The van der Waals surface area contributed by atoms with Gasteiger partial charge in [0.25, 0.3) is 5.69 Å². The normalized spacial score (nSPS) is 20.8. The van der Waals surface area contributed by atoms with Crippen molar-refractivity contribution in [3.63, 3.8) is 0 Å². The lowest BCUT2D eigenvalue weighted by Gasteiger charge is -2.31. The second-order valence-corrected chi connectivity index (χ2v) is 3.98. The lowest BCUT2D eigenvalue weighted by atomic mass is 10.1. The Bertz CT molecular complexity index is 396. The van der Waals surface area contributed by atoms with Crippen molar-refractivity contribution < 1.29 is 4.92 Å². The first-order valence-corrected chi connectivity index (χ1v) is 5.28. The van der Waals surface area contributed by atoms with Crippen LogP contribution in [0.4, 0.5) is 11.5 Å². The summed E-state index contributed by atoms with van der Waals surface area (Å²) in [4.78, 5) is 16.4. The molecular weight excluding hydrogens is 208 g/mol. The molecule has 1 aromatic rings. The molecule has 2 N–H and O–H groups in total. The van der Waals surface area contributed by atoms with Crippen LogP contribution in [0, 0.1) is 10.1 Å². The van der Waals surface area contributed by atoms with E-state index in [4.69, 9.17) is 5.73 Å². The fourth-order valence-corrected chi connectivity index (χ4v) is 1.91. The zero-order valence-corrected chi connectivity index (χ0v) is 8.87. The zero-order valence-electron chi connectivity index (χ0n) is 8.87. The molecule has 0 amide bonds. The number of nitrogens with zero attached hydrogens (tertiary/aromatic N) is 3. The van der Waals surface area contributed by atoms with E-state index in [1.807, 2.05) is 4.90 Å². The molecule has 0 aromatic carbocycles. The maximum Gasteiger partial charge on any atom is 0.274 e. The van der Waals surface area contributed by atoms with Crippen LogP contribution in [0.2, 0.25) is 0 Å². The highest BCUT2D eigenvalue weighted by atomic mass is 16.6. The smallest absolute Gasteiger partial charge is 0.274 e. The number of rotatable bonds is 2. The molecule has 1 saturated heterocycles. The molecule has 0 bridgehead atoms. The molecular formula is C10H14N4O2. The number of anilines is 1. The molecule has 0 spiro atoms. The third-order valence-corrected chi connectivity index (χ3v) is 2.72. The van der Waals surface area contributed by atoms with E-state index in [0.29, 0.717) is 12.4 Å². The predicted molar refractivity (Wildman–Crippen MR) is 60.3 cm³/mol. The Labute approximate surface area is 93.2 Å². The van der Waals surface area contributed by atoms with Crippen LogP contribution in [0.1, 0.15) is 12.8 Å². The highest BCUT2D eigenvalue weighted by Gasteiger charge is 2.19. The Kier molecular flexibility index (Phi) is 3.00. The van der Waals surface area contributed by atoms with Crippen molar-refractivity contribution in [3.8, 4) is 0 Å². The van der Waals surface area contributed by atoms with E-state index >= 15 is 0 Å². The van der Waals surface area contributed by atoms with Gasteiger partial charge in [-0.15, -0.1) is 0 Å². The molecule has 0 aliphatic carbocycles. The van der Waals surface area contributed by atoms with Crippen LogP contribution in [-0.4, -0.2) is 29.0 Å². The van der Waals surface area contributed by atoms with Crippen LogP contribution < -0.4 is 10.6 Å². The van der Waals surface area contributed by atoms with Gasteiger partial charge < -0.3 is 10.6 Å². The number of aromatic nitrogens is 1. The molecule has 6 nitrogen and oxygen atoms in total. The summed E-state index contributed by atoms with van der Waals surface area (Å²) >= 11 is 0. The van der Waals surface area contributed by atoms with Crippen molar-refractivity contribution in [1.29, 1.82) is 0 Å². The van der Waals surface area contributed by atoms with E-state index in [0.717, 1.165) is 19.4 Å². The number of hydrogen-bond donors (Lipinski definition) is 1. The third kappa shape index (κ3) is 2.27. The molecule has 1 atom stereocenters.